The summed E-state index contributed by atoms with van der Waals surface area (Å²) in [6.07, 6.45) is 1.27. The van der Waals surface area contributed by atoms with Gasteiger partial charge in [0.2, 0.25) is 0 Å². The molecule has 0 bridgehead atoms. The van der Waals surface area contributed by atoms with Gasteiger partial charge in [0.1, 0.15) is 0 Å². The minimum absolute atomic E-state index is 0.467. The largest absolute Gasteiger partial charge is 0.326 e. The zero-order valence-corrected chi connectivity index (χ0v) is 9.50. The highest BCUT2D eigenvalue weighted by Crippen LogP contribution is 2.60. The van der Waals surface area contributed by atoms with Crippen LogP contribution in [0.1, 0.15) is 37.3 Å². The molecule has 1 unspecified atom stereocenters. The SMILES string of the molecule is CC1(C)CC1c1csc(Cl)c1CN. The third-order valence-electron chi connectivity index (χ3n) is 2.97. The van der Waals surface area contributed by atoms with Gasteiger partial charge in [-0.3, -0.25) is 0 Å². The molecule has 1 aliphatic carbocycles. The van der Waals surface area contributed by atoms with Crippen LogP contribution in [0, 0.1) is 5.41 Å². The molecule has 0 aromatic carbocycles. The fourth-order valence-corrected chi connectivity index (χ4v) is 3.06. The first-order chi connectivity index (χ1) is 6.06. The quantitative estimate of drug-likeness (QED) is 0.805. The van der Waals surface area contributed by atoms with Crippen LogP contribution < -0.4 is 5.73 Å². The van der Waals surface area contributed by atoms with Crippen LogP contribution in [0.4, 0.5) is 0 Å². The Bertz CT molecular complexity index is 330. The van der Waals surface area contributed by atoms with Crippen molar-refractivity contribution in [3.05, 3.63) is 20.8 Å². The van der Waals surface area contributed by atoms with E-state index in [0.717, 1.165) is 4.34 Å². The summed E-state index contributed by atoms with van der Waals surface area (Å²) < 4.78 is 0.875. The topological polar surface area (TPSA) is 26.0 Å². The van der Waals surface area contributed by atoms with Gasteiger partial charge >= 0.3 is 0 Å². The van der Waals surface area contributed by atoms with E-state index < -0.39 is 0 Å². The van der Waals surface area contributed by atoms with Crippen molar-refractivity contribution in [3.63, 3.8) is 0 Å². The Hall–Kier alpha value is -0.0500. The monoisotopic (exact) mass is 215 g/mol. The molecule has 72 valence electrons. The highest BCUT2D eigenvalue weighted by atomic mass is 35.5. The van der Waals surface area contributed by atoms with E-state index in [4.69, 9.17) is 17.3 Å². The van der Waals surface area contributed by atoms with Gasteiger partial charge in [0, 0.05) is 6.54 Å². The van der Waals surface area contributed by atoms with Crippen LogP contribution in [-0.2, 0) is 6.54 Å². The van der Waals surface area contributed by atoms with Crippen LogP contribution >= 0.6 is 22.9 Å². The summed E-state index contributed by atoms with van der Waals surface area (Å²) in [5.41, 5.74) is 8.70. The summed E-state index contributed by atoms with van der Waals surface area (Å²) >= 11 is 7.66. The van der Waals surface area contributed by atoms with Gasteiger partial charge in [-0.1, -0.05) is 25.4 Å². The Morgan fingerprint density at radius 2 is 2.31 bits per heavy atom. The van der Waals surface area contributed by atoms with Gasteiger partial charge in [-0.15, -0.1) is 11.3 Å². The maximum absolute atomic E-state index is 6.05. The average molecular weight is 216 g/mol. The van der Waals surface area contributed by atoms with E-state index in [1.807, 2.05) is 0 Å². The molecule has 13 heavy (non-hydrogen) atoms. The van der Waals surface area contributed by atoms with Crippen molar-refractivity contribution in [2.75, 3.05) is 0 Å². The summed E-state index contributed by atoms with van der Waals surface area (Å²) in [7, 11) is 0. The molecule has 1 saturated carbocycles. The second-order valence-electron chi connectivity index (χ2n) is 4.39. The summed E-state index contributed by atoms with van der Waals surface area (Å²) in [5.74, 6) is 0.690. The Kier molecular flexibility index (Phi) is 2.17. The lowest BCUT2D eigenvalue weighted by atomic mass is 10.0. The molecule has 1 aromatic rings. The van der Waals surface area contributed by atoms with Crippen molar-refractivity contribution in [2.24, 2.45) is 11.1 Å². The molecule has 0 radical (unpaired) electrons. The van der Waals surface area contributed by atoms with Gasteiger partial charge in [0.05, 0.1) is 4.34 Å². The van der Waals surface area contributed by atoms with Crippen LogP contribution in [0.5, 0.6) is 0 Å². The molecule has 0 aliphatic heterocycles. The predicted octanol–water partition coefficient (Wildman–Crippen LogP) is 3.37. The van der Waals surface area contributed by atoms with Gasteiger partial charge in [0.25, 0.3) is 0 Å². The zero-order valence-electron chi connectivity index (χ0n) is 7.93. The standard InChI is InChI=1S/C10H14ClNS/c1-10(2)3-8(10)7-5-13-9(11)6(7)4-12/h5,8H,3-4,12H2,1-2H3. The Balaban J connectivity index is 2.32. The lowest BCUT2D eigenvalue weighted by Crippen LogP contribution is -2.00. The van der Waals surface area contributed by atoms with E-state index in [9.17, 15) is 0 Å². The maximum Gasteiger partial charge on any atom is 0.0976 e. The second kappa shape index (κ2) is 2.97. The first-order valence-electron chi connectivity index (χ1n) is 4.52. The van der Waals surface area contributed by atoms with E-state index in [0.29, 0.717) is 17.9 Å². The summed E-state index contributed by atoms with van der Waals surface area (Å²) in [6, 6.07) is 0. The fourth-order valence-electron chi connectivity index (χ4n) is 1.86. The minimum Gasteiger partial charge on any atom is -0.326 e. The van der Waals surface area contributed by atoms with Crippen LogP contribution in [-0.4, -0.2) is 0 Å². The molecule has 0 spiro atoms. The summed E-state index contributed by atoms with van der Waals surface area (Å²) in [6.45, 7) is 5.16. The second-order valence-corrected chi connectivity index (χ2v) is 5.87. The number of rotatable bonds is 2. The first-order valence-corrected chi connectivity index (χ1v) is 5.78. The van der Waals surface area contributed by atoms with Crippen LogP contribution in [0.25, 0.3) is 0 Å². The maximum atomic E-state index is 6.05. The molecule has 1 fully saturated rings. The van der Waals surface area contributed by atoms with Crippen LogP contribution in [0.2, 0.25) is 4.34 Å². The molecule has 1 atom stereocenters. The lowest BCUT2D eigenvalue weighted by molar-refractivity contribution is 0.620. The number of nitrogens with two attached hydrogens (primary N) is 1. The van der Waals surface area contributed by atoms with E-state index in [1.54, 1.807) is 11.3 Å². The predicted molar refractivity (Wildman–Crippen MR) is 58.4 cm³/mol. The molecule has 0 amide bonds. The highest BCUT2D eigenvalue weighted by Gasteiger charge is 2.47. The first kappa shape index (κ1) is 9.50. The van der Waals surface area contributed by atoms with Gasteiger partial charge in [-0.25, -0.2) is 0 Å². The molecule has 1 aliphatic rings. The van der Waals surface area contributed by atoms with Crippen molar-refractivity contribution in [2.45, 2.75) is 32.7 Å². The normalized spacial score (nSPS) is 24.8. The molecule has 2 rings (SSSR count). The van der Waals surface area contributed by atoms with Gasteiger partial charge in [-0.05, 0) is 34.3 Å². The third-order valence-corrected chi connectivity index (χ3v) is 4.29. The average Bonchev–Trinajstić information content (AvgIpc) is 2.55. The van der Waals surface area contributed by atoms with Gasteiger partial charge < -0.3 is 5.73 Å². The van der Waals surface area contributed by atoms with E-state index in [2.05, 4.69) is 19.2 Å². The molecule has 0 saturated heterocycles. The third kappa shape index (κ3) is 1.51. The Labute approximate surface area is 87.9 Å². The molecule has 1 aromatic heterocycles. The summed E-state index contributed by atoms with van der Waals surface area (Å²) in [4.78, 5) is 0. The molecule has 1 heterocycles. The van der Waals surface area contributed by atoms with Crippen LogP contribution in [0.15, 0.2) is 5.38 Å². The molecular weight excluding hydrogens is 202 g/mol. The molecule has 2 N–H and O–H groups in total. The molecule has 3 heteroatoms. The van der Waals surface area contributed by atoms with Crippen molar-refractivity contribution >= 4 is 22.9 Å². The molecular formula is C10H14ClNS. The number of thiophene rings is 1. The smallest absolute Gasteiger partial charge is 0.0976 e. The summed E-state index contributed by atoms with van der Waals surface area (Å²) in [5, 5.41) is 2.17. The van der Waals surface area contributed by atoms with Crippen molar-refractivity contribution < 1.29 is 0 Å². The Morgan fingerprint density at radius 1 is 1.69 bits per heavy atom. The Morgan fingerprint density at radius 3 is 2.77 bits per heavy atom. The number of halogens is 1. The van der Waals surface area contributed by atoms with E-state index in [1.165, 1.54) is 17.5 Å². The number of hydrogen-bond donors (Lipinski definition) is 1. The highest BCUT2D eigenvalue weighted by molar-refractivity contribution is 7.14. The lowest BCUT2D eigenvalue weighted by Gasteiger charge is -2.04. The van der Waals surface area contributed by atoms with Gasteiger partial charge in [-0.2, -0.15) is 0 Å². The van der Waals surface area contributed by atoms with Crippen molar-refractivity contribution in [3.8, 4) is 0 Å². The van der Waals surface area contributed by atoms with Crippen LogP contribution in [0.3, 0.4) is 0 Å². The van der Waals surface area contributed by atoms with E-state index in [-0.39, 0.29) is 0 Å². The minimum atomic E-state index is 0.467. The van der Waals surface area contributed by atoms with E-state index >= 15 is 0 Å². The zero-order chi connectivity index (χ0) is 9.64. The van der Waals surface area contributed by atoms with Gasteiger partial charge in [0.15, 0.2) is 0 Å². The fraction of sp³-hybridized carbons (Fsp3) is 0.600. The number of hydrogen-bond acceptors (Lipinski definition) is 2. The van der Waals surface area contributed by atoms with Crippen molar-refractivity contribution in [1.82, 2.24) is 0 Å². The molecule has 1 nitrogen and oxygen atoms in total. The van der Waals surface area contributed by atoms with Crippen molar-refractivity contribution in [1.29, 1.82) is 0 Å².